The lowest BCUT2D eigenvalue weighted by molar-refractivity contribution is -0.139. The number of aromatic nitrogens is 1. The first-order chi connectivity index (χ1) is 13.5. The third-order valence-electron chi connectivity index (χ3n) is 5.63. The number of ether oxygens (including phenoxy) is 1. The molecule has 0 amide bonds. The summed E-state index contributed by atoms with van der Waals surface area (Å²) in [5.74, 6) is -0.396. The molecule has 2 aliphatic carbocycles. The number of carboxylic acid groups (broad SMARTS) is 1. The van der Waals surface area contributed by atoms with Crippen molar-refractivity contribution in [1.29, 1.82) is 0 Å². The van der Waals surface area contributed by atoms with Gasteiger partial charge >= 0.3 is 5.97 Å². The van der Waals surface area contributed by atoms with Gasteiger partial charge in [0.15, 0.2) is 0 Å². The van der Waals surface area contributed by atoms with Crippen LogP contribution in [0.5, 0.6) is 0 Å². The average molecular weight is 387 g/mol. The molecule has 0 atom stereocenters. The standard InChI is InChI=1S/C21H26FN3O3/c1-28-12-16-9-20(18-6-14(22)4-5-19(18)24-16)23-15-7-17(8-15)25(11-21(26)27)10-13-2-3-13/h4-6,9,13,15,17H,2-3,7-8,10-12H2,1H3,(H,23,24)(H,26,27). The van der Waals surface area contributed by atoms with Crippen molar-refractivity contribution in [3.8, 4) is 0 Å². The molecule has 6 nitrogen and oxygen atoms in total. The number of nitrogens with zero attached hydrogens (tertiary/aromatic N) is 2. The highest BCUT2D eigenvalue weighted by Gasteiger charge is 2.37. The van der Waals surface area contributed by atoms with E-state index in [9.17, 15) is 14.3 Å². The topological polar surface area (TPSA) is 74.7 Å². The van der Waals surface area contributed by atoms with Crippen molar-refractivity contribution in [2.24, 2.45) is 5.92 Å². The fourth-order valence-electron chi connectivity index (χ4n) is 3.97. The molecule has 0 bridgehead atoms. The minimum atomic E-state index is -0.767. The number of aliphatic carboxylic acids is 1. The molecule has 4 rings (SSSR count). The zero-order valence-corrected chi connectivity index (χ0v) is 16.0. The molecule has 2 N–H and O–H groups in total. The van der Waals surface area contributed by atoms with E-state index in [4.69, 9.17) is 4.74 Å². The summed E-state index contributed by atoms with van der Waals surface area (Å²) < 4.78 is 19.0. The Morgan fingerprint density at radius 3 is 2.82 bits per heavy atom. The van der Waals surface area contributed by atoms with Crippen LogP contribution < -0.4 is 5.32 Å². The first-order valence-electron chi connectivity index (χ1n) is 9.82. The Labute approximate surface area is 163 Å². The van der Waals surface area contributed by atoms with E-state index in [1.54, 1.807) is 13.2 Å². The molecule has 1 aromatic heterocycles. The van der Waals surface area contributed by atoms with Gasteiger partial charge in [0.1, 0.15) is 5.82 Å². The third-order valence-corrected chi connectivity index (χ3v) is 5.63. The van der Waals surface area contributed by atoms with Gasteiger partial charge in [-0.05, 0) is 55.9 Å². The average Bonchev–Trinajstić information content (AvgIpc) is 3.41. The van der Waals surface area contributed by atoms with Crippen molar-refractivity contribution in [1.82, 2.24) is 9.88 Å². The number of pyridine rings is 1. The molecule has 0 radical (unpaired) electrons. The number of methoxy groups -OCH3 is 1. The van der Waals surface area contributed by atoms with E-state index in [2.05, 4.69) is 15.2 Å². The number of carboxylic acids is 1. The molecule has 2 aliphatic rings. The van der Waals surface area contributed by atoms with Crippen LogP contribution in [-0.2, 0) is 16.1 Å². The van der Waals surface area contributed by atoms with Crippen molar-refractivity contribution in [3.05, 3.63) is 35.8 Å². The summed E-state index contributed by atoms with van der Waals surface area (Å²) in [6.07, 6.45) is 4.19. The molecule has 0 saturated heterocycles. The zero-order chi connectivity index (χ0) is 19.7. The maximum absolute atomic E-state index is 13.8. The van der Waals surface area contributed by atoms with Gasteiger partial charge in [-0.15, -0.1) is 0 Å². The lowest BCUT2D eigenvalue weighted by atomic mass is 9.85. The van der Waals surface area contributed by atoms with E-state index in [0.29, 0.717) is 12.5 Å². The van der Waals surface area contributed by atoms with Gasteiger partial charge in [-0.3, -0.25) is 14.7 Å². The van der Waals surface area contributed by atoms with Crippen LogP contribution in [0, 0.1) is 11.7 Å². The summed E-state index contributed by atoms with van der Waals surface area (Å²) in [6, 6.07) is 7.04. The zero-order valence-electron chi connectivity index (χ0n) is 16.0. The Bertz CT molecular complexity index is 865. The number of nitrogens with one attached hydrogen (secondary N) is 1. The second-order valence-corrected chi connectivity index (χ2v) is 7.99. The van der Waals surface area contributed by atoms with E-state index >= 15 is 0 Å². The molecule has 150 valence electrons. The summed E-state index contributed by atoms with van der Waals surface area (Å²) in [4.78, 5) is 17.8. The van der Waals surface area contributed by atoms with Crippen LogP contribution >= 0.6 is 0 Å². The second-order valence-electron chi connectivity index (χ2n) is 7.99. The maximum atomic E-state index is 13.8. The number of benzene rings is 1. The van der Waals surface area contributed by atoms with E-state index in [1.165, 1.54) is 25.0 Å². The third kappa shape index (κ3) is 4.42. The van der Waals surface area contributed by atoms with Gasteiger partial charge < -0.3 is 15.2 Å². The van der Waals surface area contributed by atoms with Crippen LogP contribution in [0.1, 0.15) is 31.4 Å². The molecule has 28 heavy (non-hydrogen) atoms. The quantitative estimate of drug-likeness (QED) is 0.688. The van der Waals surface area contributed by atoms with Crippen LogP contribution in [0.25, 0.3) is 10.9 Å². The van der Waals surface area contributed by atoms with Gasteiger partial charge in [-0.25, -0.2) is 4.39 Å². The fraction of sp³-hybridized carbons (Fsp3) is 0.524. The molecule has 1 aromatic carbocycles. The first kappa shape index (κ1) is 19.1. The number of rotatable bonds is 9. The summed E-state index contributed by atoms with van der Waals surface area (Å²) in [5, 5.41) is 13.5. The summed E-state index contributed by atoms with van der Waals surface area (Å²) >= 11 is 0. The molecule has 0 aliphatic heterocycles. The second kappa shape index (κ2) is 8.01. The highest BCUT2D eigenvalue weighted by atomic mass is 19.1. The van der Waals surface area contributed by atoms with E-state index in [-0.39, 0.29) is 24.4 Å². The van der Waals surface area contributed by atoms with Crippen LogP contribution in [0.3, 0.4) is 0 Å². The molecule has 7 heteroatoms. The Balaban J connectivity index is 1.46. The van der Waals surface area contributed by atoms with Crippen molar-refractivity contribution in [2.75, 3.05) is 25.5 Å². The van der Waals surface area contributed by atoms with E-state index < -0.39 is 5.97 Å². The smallest absolute Gasteiger partial charge is 0.317 e. The molecule has 1 heterocycles. The van der Waals surface area contributed by atoms with Crippen LogP contribution in [-0.4, -0.2) is 53.2 Å². The van der Waals surface area contributed by atoms with Crippen LogP contribution in [0.4, 0.5) is 10.1 Å². The minimum Gasteiger partial charge on any atom is -0.480 e. The number of fused-ring (bicyclic) bond motifs is 1. The number of hydrogen-bond acceptors (Lipinski definition) is 5. The molecular weight excluding hydrogens is 361 g/mol. The molecule has 0 unspecified atom stereocenters. The minimum absolute atomic E-state index is 0.106. The molecule has 2 fully saturated rings. The molecular formula is C21H26FN3O3. The van der Waals surface area contributed by atoms with Crippen LogP contribution in [0.2, 0.25) is 0 Å². The van der Waals surface area contributed by atoms with Crippen molar-refractivity contribution in [3.63, 3.8) is 0 Å². The maximum Gasteiger partial charge on any atom is 0.317 e. The Hall–Kier alpha value is -2.25. The molecule has 2 saturated carbocycles. The monoisotopic (exact) mass is 387 g/mol. The Kier molecular flexibility index (Phi) is 5.46. The lowest BCUT2D eigenvalue weighted by Crippen LogP contribution is -2.52. The Morgan fingerprint density at radius 1 is 1.36 bits per heavy atom. The normalized spacial score (nSPS) is 21.7. The van der Waals surface area contributed by atoms with Crippen molar-refractivity contribution in [2.45, 2.75) is 44.4 Å². The van der Waals surface area contributed by atoms with E-state index in [0.717, 1.165) is 41.7 Å². The summed E-state index contributed by atoms with van der Waals surface area (Å²) in [5.41, 5.74) is 2.38. The van der Waals surface area contributed by atoms with Crippen LogP contribution in [0.15, 0.2) is 24.3 Å². The summed E-state index contributed by atoms with van der Waals surface area (Å²) in [6.45, 7) is 1.38. The van der Waals surface area contributed by atoms with Gasteiger partial charge in [0.05, 0.1) is 24.4 Å². The number of halogens is 1. The Morgan fingerprint density at radius 2 is 2.14 bits per heavy atom. The number of hydrogen-bond donors (Lipinski definition) is 2. The van der Waals surface area contributed by atoms with Gasteiger partial charge in [0.2, 0.25) is 0 Å². The fourth-order valence-corrected chi connectivity index (χ4v) is 3.97. The number of carbonyl (C=O) groups is 1. The predicted molar refractivity (Wildman–Crippen MR) is 105 cm³/mol. The largest absolute Gasteiger partial charge is 0.480 e. The van der Waals surface area contributed by atoms with Gasteiger partial charge in [-0.2, -0.15) is 0 Å². The molecule has 2 aromatic rings. The lowest BCUT2D eigenvalue weighted by Gasteiger charge is -2.43. The van der Waals surface area contributed by atoms with Gasteiger partial charge in [0.25, 0.3) is 0 Å². The highest BCUT2D eigenvalue weighted by Crippen LogP contribution is 2.35. The SMILES string of the molecule is COCc1cc(NC2CC(N(CC(=O)O)CC3CC3)C2)c2cc(F)ccc2n1. The predicted octanol–water partition coefficient (Wildman–Crippen LogP) is 3.26. The summed E-state index contributed by atoms with van der Waals surface area (Å²) in [7, 11) is 1.62. The van der Waals surface area contributed by atoms with Gasteiger partial charge in [-0.1, -0.05) is 0 Å². The van der Waals surface area contributed by atoms with Crippen molar-refractivity contribution < 1.29 is 19.0 Å². The number of anilines is 1. The van der Waals surface area contributed by atoms with E-state index in [1.807, 2.05) is 6.07 Å². The highest BCUT2D eigenvalue weighted by molar-refractivity contribution is 5.91. The van der Waals surface area contributed by atoms with Gasteiger partial charge in [0, 0.05) is 36.8 Å². The molecule has 0 spiro atoms. The first-order valence-corrected chi connectivity index (χ1v) is 9.82. The van der Waals surface area contributed by atoms with Crippen molar-refractivity contribution >= 4 is 22.6 Å².